The van der Waals surface area contributed by atoms with Crippen LogP contribution in [0.2, 0.25) is 0 Å². The number of carbonyl (C=O) groups excluding carboxylic acids is 1. The van der Waals surface area contributed by atoms with Gasteiger partial charge in [0, 0.05) is 6.54 Å². The van der Waals surface area contributed by atoms with E-state index in [1.807, 2.05) is 25.1 Å². The number of ether oxygens (including phenoxy) is 1. The lowest BCUT2D eigenvalue weighted by Gasteiger charge is -2.43. The molecule has 1 aliphatic carbocycles. The first-order valence-corrected chi connectivity index (χ1v) is 7.74. The van der Waals surface area contributed by atoms with Gasteiger partial charge in [0.25, 0.3) is 5.91 Å². The molecule has 0 aliphatic heterocycles. The Labute approximate surface area is 130 Å². The van der Waals surface area contributed by atoms with Crippen LogP contribution in [0, 0.1) is 0 Å². The minimum absolute atomic E-state index is 0.0178. The van der Waals surface area contributed by atoms with Crippen molar-refractivity contribution in [2.24, 2.45) is 0 Å². The fraction of sp³-hybridized carbons (Fsp3) is 0.412. The smallest absolute Gasteiger partial charge is 0.258 e. The van der Waals surface area contributed by atoms with Crippen LogP contribution in [-0.4, -0.2) is 22.3 Å². The number of amides is 1. The molecule has 1 fully saturated rings. The number of hydrogen-bond acceptors (Lipinski definition) is 3. The molecule has 1 heterocycles. The third-order valence-electron chi connectivity index (χ3n) is 4.22. The molecule has 1 aromatic carbocycles. The monoisotopic (exact) mass is 299 g/mol. The van der Waals surface area contributed by atoms with Gasteiger partial charge in [0.05, 0.1) is 17.9 Å². The van der Waals surface area contributed by atoms with Crippen molar-refractivity contribution in [3.8, 4) is 5.75 Å². The summed E-state index contributed by atoms with van der Waals surface area (Å²) in [5.74, 6) is 0.534. The summed E-state index contributed by atoms with van der Waals surface area (Å²) in [6, 6.07) is 10.2. The summed E-state index contributed by atoms with van der Waals surface area (Å²) < 4.78 is 7.27. The lowest BCUT2D eigenvalue weighted by molar-refractivity contribution is -0.126. The fourth-order valence-corrected chi connectivity index (χ4v) is 2.82. The molecule has 0 atom stereocenters. The Bertz CT molecular complexity index is 632. The van der Waals surface area contributed by atoms with E-state index in [1.165, 1.54) is 5.56 Å². The van der Waals surface area contributed by atoms with Crippen molar-refractivity contribution in [3.05, 3.63) is 48.3 Å². The molecule has 0 bridgehead atoms. The molecule has 0 unspecified atom stereocenters. The minimum Gasteiger partial charge on any atom is -0.480 e. The van der Waals surface area contributed by atoms with Crippen molar-refractivity contribution in [2.45, 2.75) is 38.3 Å². The summed E-state index contributed by atoms with van der Waals surface area (Å²) in [6.45, 7) is 2.81. The molecule has 0 radical (unpaired) electrons. The van der Waals surface area contributed by atoms with Gasteiger partial charge >= 0.3 is 0 Å². The van der Waals surface area contributed by atoms with Gasteiger partial charge in [-0.2, -0.15) is 5.10 Å². The van der Waals surface area contributed by atoms with E-state index in [0.29, 0.717) is 5.75 Å². The van der Waals surface area contributed by atoms with Gasteiger partial charge in [-0.15, -0.1) is 0 Å². The number of aryl methyl sites for hydroxylation is 1. The summed E-state index contributed by atoms with van der Waals surface area (Å²) in [7, 11) is 0. The maximum Gasteiger partial charge on any atom is 0.258 e. The normalized spacial score (nSPS) is 15.9. The highest BCUT2D eigenvalue weighted by Crippen LogP contribution is 2.41. The Morgan fingerprint density at radius 1 is 1.36 bits per heavy atom. The largest absolute Gasteiger partial charge is 0.480 e. The van der Waals surface area contributed by atoms with Gasteiger partial charge in [0.15, 0.2) is 12.4 Å². The summed E-state index contributed by atoms with van der Waals surface area (Å²) in [4.78, 5) is 12.2. The van der Waals surface area contributed by atoms with E-state index in [1.54, 1.807) is 17.1 Å². The van der Waals surface area contributed by atoms with E-state index in [0.717, 1.165) is 25.8 Å². The van der Waals surface area contributed by atoms with Gasteiger partial charge in [-0.05, 0) is 31.7 Å². The minimum atomic E-state index is -0.213. The number of nitrogens with zero attached hydrogens (tertiary/aromatic N) is 2. The topological polar surface area (TPSA) is 56.1 Å². The molecule has 116 valence electrons. The van der Waals surface area contributed by atoms with E-state index in [4.69, 9.17) is 4.74 Å². The van der Waals surface area contributed by atoms with Crippen LogP contribution in [0.25, 0.3) is 0 Å². The molecule has 0 spiro atoms. The lowest BCUT2D eigenvalue weighted by Crippen LogP contribution is -2.52. The van der Waals surface area contributed by atoms with Gasteiger partial charge in [0.1, 0.15) is 0 Å². The molecule has 0 saturated heterocycles. The highest BCUT2D eigenvalue weighted by molar-refractivity contribution is 5.78. The van der Waals surface area contributed by atoms with Crippen molar-refractivity contribution < 1.29 is 9.53 Å². The molecular weight excluding hydrogens is 278 g/mol. The molecule has 1 saturated carbocycles. The maximum absolute atomic E-state index is 12.2. The average molecular weight is 299 g/mol. The zero-order valence-electron chi connectivity index (χ0n) is 12.8. The fourth-order valence-electron chi connectivity index (χ4n) is 2.82. The van der Waals surface area contributed by atoms with Crippen molar-refractivity contribution in [2.75, 3.05) is 6.61 Å². The number of hydrogen-bond donors (Lipinski definition) is 1. The molecule has 5 nitrogen and oxygen atoms in total. The number of carbonyl (C=O) groups is 1. The molecule has 5 heteroatoms. The van der Waals surface area contributed by atoms with Crippen LogP contribution in [0.15, 0.2) is 42.7 Å². The van der Waals surface area contributed by atoms with Crippen LogP contribution in [-0.2, 0) is 16.9 Å². The lowest BCUT2D eigenvalue weighted by atomic mass is 9.72. The first-order valence-electron chi connectivity index (χ1n) is 7.74. The second-order valence-electron chi connectivity index (χ2n) is 5.67. The molecule has 1 aromatic heterocycles. The number of nitrogens with one attached hydrogen (secondary N) is 1. The van der Waals surface area contributed by atoms with E-state index in [9.17, 15) is 4.79 Å². The summed E-state index contributed by atoms with van der Waals surface area (Å²) >= 11 is 0. The number of rotatable bonds is 6. The van der Waals surface area contributed by atoms with Gasteiger partial charge in [-0.1, -0.05) is 30.3 Å². The highest BCUT2D eigenvalue weighted by atomic mass is 16.5. The molecule has 1 aliphatic rings. The van der Waals surface area contributed by atoms with Crippen LogP contribution >= 0.6 is 0 Å². The van der Waals surface area contributed by atoms with Crippen molar-refractivity contribution in [1.29, 1.82) is 0 Å². The molecule has 22 heavy (non-hydrogen) atoms. The van der Waals surface area contributed by atoms with Crippen molar-refractivity contribution in [1.82, 2.24) is 15.1 Å². The van der Waals surface area contributed by atoms with Gasteiger partial charge in [0.2, 0.25) is 0 Å². The van der Waals surface area contributed by atoms with Gasteiger partial charge in [-0.3, -0.25) is 9.48 Å². The van der Waals surface area contributed by atoms with E-state index in [2.05, 4.69) is 22.5 Å². The molecule has 1 N–H and O–H groups in total. The molecule has 2 aromatic rings. The van der Waals surface area contributed by atoms with Crippen LogP contribution in [0.5, 0.6) is 5.75 Å². The second-order valence-corrected chi connectivity index (χ2v) is 5.67. The van der Waals surface area contributed by atoms with E-state index >= 15 is 0 Å². The Hall–Kier alpha value is -2.30. The Balaban J connectivity index is 1.58. The molecule has 3 rings (SSSR count). The Morgan fingerprint density at radius 3 is 2.73 bits per heavy atom. The van der Waals surface area contributed by atoms with Crippen LogP contribution < -0.4 is 10.1 Å². The Morgan fingerprint density at radius 2 is 2.14 bits per heavy atom. The zero-order valence-corrected chi connectivity index (χ0v) is 12.8. The highest BCUT2D eigenvalue weighted by Gasteiger charge is 2.39. The number of benzene rings is 1. The van der Waals surface area contributed by atoms with Crippen LogP contribution in [0.4, 0.5) is 0 Å². The first-order chi connectivity index (χ1) is 10.7. The predicted molar refractivity (Wildman–Crippen MR) is 83.5 cm³/mol. The SMILES string of the molecule is CCn1cc(OCC(=O)NC2(c3ccccc3)CCC2)cn1. The second kappa shape index (κ2) is 6.22. The van der Waals surface area contributed by atoms with Crippen LogP contribution in [0.3, 0.4) is 0 Å². The van der Waals surface area contributed by atoms with Crippen molar-refractivity contribution >= 4 is 5.91 Å². The quantitative estimate of drug-likeness (QED) is 0.891. The third kappa shape index (κ3) is 2.98. The van der Waals surface area contributed by atoms with Gasteiger partial charge in [-0.25, -0.2) is 0 Å². The molecular formula is C17H21N3O2. The first kappa shape index (κ1) is 14.6. The van der Waals surface area contributed by atoms with E-state index in [-0.39, 0.29) is 18.1 Å². The number of aromatic nitrogens is 2. The third-order valence-corrected chi connectivity index (χ3v) is 4.22. The maximum atomic E-state index is 12.2. The standard InChI is InChI=1S/C17H21N3O2/c1-2-20-12-15(11-18-20)22-13-16(21)19-17(9-6-10-17)14-7-4-3-5-8-14/h3-5,7-8,11-12H,2,6,9-10,13H2,1H3,(H,19,21). The average Bonchev–Trinajstić information content (AvgIpc) is 2.98. The van der Waals surface area contributed by atoms with Gasteiger partial charge < -0.3 is 10.1 Å². The molecule has 1 amide bonds. The zero-order chi connectivity index (χ0) is 15.4. The van der Waals surface area contributed by atoms with Crippen molar-refractivity contribution in [3.63, 3.8) is 0 Å². The summed E-state index contributed by atoms with van der Waals surface area (Å²) in [5, 5.41) is 7.27. The summed E-state index contributed by atoms with van der Waals surface area (Å²) in [6.07, 6.45) is 6.53. The predicted octanol–water partition coefficient (Wildman–Crippen LogP) is 2.48. The Kier molecular flexibility index (Phi) is 4.13. The summed E-state index contributed by atoms with van der Waals surface area (Å²) in [5.41, 5.74) is 0.961. The van der Waals surface area contributed by atoms with E-state index < -0.39 is 0 Å². The van der Waals surface area contributed by atoms with Crippen LogP contribution in [0.1, 0.15) is 31.7 Å².